The lowest BCUT2D eigenvalue weighted by molar-refractivity contribution is 0.102. The summed E-state index contributed by atoms with van der Waals surface area (Å²) in [6.07, 6.45) is 2.93. The van der Waals surface area contributed by atoms with Gasteiger partial charge in [-0.2, -0.15) is 10.1 Å². The van der Waals surface area contributed by atoms with Gasteiger partial charge in [-0.05, 0) is 30.2 Å². The van der Waals surface area contributed by atoms with E-state index in [4.69, 9.17) is 9.47 Å². The first-order valence-electron chi connectivity index (χ1n) is 9.34. The Morgan fingerprint density at radius 2 is 1.90 bits per heavy atom. The van der Waals surface area contributed by atoms with Crippen molar-refractivity contribution < 1.29 is 14.3 Å². The van der Waals surface area contributed by atoms with Crippen LogP contribution in [0, 0.1) is 0 Å². The summed E-state index contributed by atoms with van der Waals surface area (Å²) in [6.45, 7) is 4.03. The lowest BCUT2D eigenvalue weighted by Crippen LogP contribution is -2.16. The van der Waals surface area contributed by atoms with Crippen molar-refractivity contribution in [2.24, 2.45) is 0 Å². The molecule has 3 heterocycles. The van der Waals surface area contributed by atoms with Crippen molar-refractivity contribution >= 4 is 17.4 Å². The van der Waals surface area contributed by atoms with Gasteiger partial charge in [0.25, 0.3) is 11.7 Å². The number of nitrogens with zero attached hydrogens (tertiary/aromatic N) is 5. The smallest absolute Gasteiger partial charge is 0.274 e. The summed E-state index contributed by atoms with van der Waals surface area (Å²) >= 11 is 0. The molecule has 4 aromatic rings. The predicted molar refractivity (Wildman–Crippen MR) is 110 cm³/mol. The Bertz CT molecular complexity index is 1190. The quantitative estimate of drug-likeness (QED) is 0.522. The largest absolute Gasteiger partial charge is 0.493 e. The first-order valence-corrected chi connectivity index (χ1v) is 9.34. The second-order valence-electron chi connectivity index (χ2n) is 6.78. The number of nitrogens with one attached hydrogen (secondary N) is 1. The first-order chi connectivity index (χ1) is 14.5. The lowest BCUT2D eigenvalue weighted by Gasteiger charge is -2.11. The maximum absolute atomic E-state index is 12.7. The number of aromatic nitrogens is 5. The van der Waals surface area contributed by atoms with E-state index in [0.717, 1.165) is 5.69 Å². The molecule has 0 spiro atoms. The summed E-state index contributed by atoms with van der Waals surface area (Å²) in [7, 11) is 1.57. The van der Waals surface area contributed by atoms with Gasteiger partial charge in [0.15, 0.2) is 11.5 Å². The van der Waals surface area contributed by atoms with Gasteiger partial charge in [-0.25, -0.2) is 14.5 Å². The molecule has 0 aliphatic rings. The molecule has 0 saturated carbocycles. The molecule has 3 aromatic heterocycles. The van der Waals surface area contributed by atoms with E-state index < -0.39 is 0 Å². The fraction of sp³-hybridized carbons (Fsp3) is 0.190. The number of benzene rings is 1. The minimum absolute atomic E-state index is 0.150. The number of pyridine rings is 1. The number of carbonyl (C=O) groups is 1. The second-order valence-corrected chi connectivity index (χ2v) is 6.78. The summed E-state index contributed by atoms with van der Waals surface area (Å²) in [4.78, 5) is 25.3. The Balaban J connectivity index is 1.51. The Hall–Kier alpha value is -4.01. The van der Waals surface area contributed by atoms with E-state index in [1.165, 1.54) is 12.5 Å². The van der Waals surface area contributed by atoms with Crippen molar-refractivity contribution in [3.05, 3.63) is 66.4 Å². The topological polar surface area (TPSA) is 104 Å². The highest BCUT2D eigenvalue weighted by Crippen LogP contribution is 2.30. The molecule has 4 rings (SSSR count). The number of fused-ring (bicyclic) bond motifs is 1. The highest BCUT2D eigenvalue weighted by molar-refractivity contribution is 6.03. The van der Waals surface area contributed by atoms with E-state index in [0.29, 0.717) is 28.8 Å². The minimum atomic E-state index is -0.359. The predicted octanol–water partition coefficient (Wildman–Crippen LogP) is 3.70. The van der Waals surface area contributed by atoms with Gasteiger partial charge in [-0.15, -0.1) is 0 Å². The fourth-order valence-electron chi connectivity index (χ4n) is 2.89. The molecule has 9 heteroatoms. The van der Waals surface area contributed by atoms with Crippen molar-refractivity contribution in [1.29, 1.82) is 0 Å². The molecule has 0 radical (unpaired) electrons. The number of amides is 1. The molecule has 1 amide bonds. The maximum Gasteiger partial charge on any atom is 0.274 e. The Kier molecular flexibility index (Phi) is 5.25. The highest BCUT2D eigenvalue weighted by Gasteiger charge is 2.16. The van der Waals surface area contributed by atoms with E-state index in [-0.39, 0.29) is 17.5 Å². The Morgan fingerprint density at radius 3 is 2.60 bits per heavy atom. The van der Waals surface area contributed by atoms with E-state index >= 15 is 0 Å². The maximum atomic E-state index is 12.7. The first kappa shape index (κ1) is 19.3. The average Bonchev–Trinajstić information content (AvgIpc) is 3.23. The lowest BCUT2D eigenvalue weighted by atomic mass is 10.1. The molecule has 1 N–H and O–H groups in total. The highest BCUT2D eigenvalue weighted by atomic mass is 16.5. The van der Waals surface area contributed by atoms with Gasteiger partial charge in [0.2, 0.25) is 5.88 Å². The van der Waals surface area contributed by atoms with Crippen molar-refractivity contribution in [1.82, 2.24) is 24.6 Å². The third-order valence-electron chi connectivity index (χ3n) is 4.38. The number of anilines is 1. The van der Waals surface area contributed by atoms with Crippen molar-refractivity contribution in [2.45, 2.75) is 19.8 Å². The van der Waals surface area contributed by atoms with Gasteiger partial charge in [-0.3, -0.25) is 4.79 Å². The molecule has 152 valence electrons. The van der Waals surface area contributed by atoms with E-state index in [9.17, 15) is 4.79 Å². The van der Waals surface area contributed by atoms with Crippen LogP contribution < -0.4 is 14.8 Å². The Labute approximate surface area is 172 Å². The molecule has 1 aromatic carbocycles. The van der Waals surface area contributed by atoms with Crippen molar-refractivity contribution in [3.63, 3.8) is 0 Å². The van der Waals surface area contributed by atoms with Gasteiger partial charge in [0.1, 0.15) is 12.0 Å². The van der Waals surface area contributed by atoms with Gasteiger partial charge in [0, 0.05) is 6.07 Å². The minimum Gasteiger partial charge on any atom is -0.493 e. The van der Waals surface area contributed by atoms with Crippen LogP contribution in [0.1, 0.15) is 35.9 Å². The summed E-state index contributed by atoms with van der Waals surface area (Å²) < 4.78 is 12.6. The SMILES string of the molecule is COc1ccccc1Oc1ccc(NC(=O)c2cc(C(C)C)n3ncnc3n2)cn1. The van der Waals surface area contributed by atoms with Crippen LogP contribution in [0.25, 0.3) is 5.78 Å². The number of rotatable bonds is 6. The zero-order valence-electron chi connectivity index (χ0n) is 16.7. The van der Waals surface area contributed by atoms with Crippen LogP contribution in [-0.2, 0) is 0 Å². The second kappa shape index (κ2) is 8.16. The molecule has 9 nitrogen and oxygen atoms in total. The van der Waals surface area contributed by atoms with E-state index in [2.05, 4.69) is 25.4 Å². The zero-order valence-corrected chi connectivity index (χ0v) is 16.7. The van der Waals surface area contributed by atoms with Crippen molar-refractivity contribution in [3.8, 4) is 17.4 Å². The van der Waals surface area contributed by atoms with Crippen LogP contribution >= 0.6 is 0 Å². The third kappa shape index (κ3) is 3.90. The summed E-state index contributed by atoms with van der Waals surface area (Å²) in [5, 5.41) is 6.95. The van der Waals surface area contributed by atoms with E-state index in [1.807, 2.05) is 26.0 Å². The van der Waals surface area contributed by atoms with Crippen LogP contribution in [0.5, 0.6) is 17.4 Å². The van der Waals surface area contributed by atoms with Crippen LogP contribution in [-0.4, -0.2) is 37.6 Å². The van der Waals surface area contributed by atoms with Gasteiger partial charge < -0.3 is 14.8 Å². The standard InChI is InChI=1S/C21H20N6O3/c1-13(2)16-10-15(26-21-23-12-24-27(16)21)20(28)25-14-8-9-19(22-11-14)30-18-7-5-4-6-17(18)29-3/h4-13H,1-3H3,(H,25,28). The summed E-state index contributed by atoms with van der Waals surface area (Å²) in [5.41, 5.74) is 1.62. The van der Waals surface area contributed by atoms with Crippen LogP contribution in [0.2, 0.25) is 0 Å². The number of carbonyl (C=O) groups excluding carboxylic acids is 1. The molecular formula is C21H20N6O3. The van der Waals surface area contributed by atoms with Gasteiger partial charge in [-0.1, -0.05) is 26.0 Å². The molecule has 0 aliphatic carbocycles. The summed E-state index contributed by atoms with van der Waals surface area (Å²) in [6, 6.07) is 12.4. The van der Waals surface area contributed by atoms with Gasteiger partial charge >= 0.3 is 0 Å². The zero-order chi connectivity index (χ0) is 21.1. The van der Waals surface area contributed by atoms with Crippen LogP contribution in [0.3, 0.4) is 0 Å². The molecule has 0 unspecified atom stereocenters. The summed E-state index contributed by atoms with van der Waals surface area (Å²) in [5.74, 6) is 1.70. The number of hydrogen-bond donors (Lipinski definition) is 1. The van der Waals surface area contributed by atoms with Crippen LogP contribution in [0.15, 0.2) is 55.0 Å². The van der Waals surface area contributed by atoms with E-state index in [1.54, 1.807) is 42.0 Å². The normalized spacial score (nSPS) is 10.9. The molecule has 0 saturated heterocycles. The average molecular weight is 404 g/mol. The monoisotopic (exact) mass is 404 g/mol. The number of ether oxygens (including phenoxy) is 2. The number of para-hydroxylation sites is 2. The third-order valence-corrected chi connectivity index (χ3v) is 4.38. The Morgan fingerprint density at radius 1 is 1.10 bits per heavy atom. The molecule has 0 aliphatic heterocycles. The number of methoxy groups -OCH3 is 1. The molecule has 0 atom stereocenters. The molecular weight excluding hydrogens is 384 g/mol. The number of hydrogen-bond acceptors (Lipinski definition) is 7. The van der Waals surface area contributed by atoms with Gasteiger partial charge in [0.05, 0.1) is 24.7 Å². The molecule has 0 bridgehead atoms. The van der Waals surface area contributed by atoms with Crippen LogP contribution in [0.4, 0.5) is 5.69 Å². The molecule has 0 fully saturated rings. The molecule has 30 heavy (non-hydrogen) atoms. The van der Waals surface area contributed by atoms with Crippen molar-refractivity contribution in [2.75, 3.05) is 12.4 Å². The fourth-order valence-corrected chi connectivity index (χ4v) is 2.89.